The fourth-order valence-electron chi connectivity index (χ4n) is 1.47. The summed E-state index contributed by atoms with van der Waals surface area (Å²) in [5.74, 6) is -0.595. The van der Waals surface area contributed by atoms with E-state index in [4.69, 9.17) is 15.6 Å². The minimum Gasteiger partial charge on any atom is -0.481 e. The summed E-state index contributed by atoms with van der Waals surface area (Å²) in [5, 5.41) is 8.49. The molecule has 1 aliphatic heterocycles. The van der Waals surface area contributed by atoms with Gasteiger partial charge in [-0.25, -0.2) is 0 Å². The second-order valence-electron chi connectivity index (χ2n) is 3.24. The van der Waals surface area contributed by atoms with E-state index in [0.717, 1.165) is 19.4 Å². The molecule has 0 aromatic heterocycles. The maximum Gasteiger partial charge on any atom is 0.304 e. The third-order valence-electron chi connectivity index (χ3n) is 2.21. The second kappa shape index (κ2) is 4.42. The zero-order chi connectivity index (χ0) is 8.97. The van der Waals surface area contributed by atoms with E-state index in [1.807, 2.05) is 0 Å². The first-order valence-corrected chi connectivity index (χ1v) is 4.25. The molecule has 3 N–H and O–H groups in total. The van der Waals surface area contributed by atoms with Crippen LogP contribution in [0, 0.1) is 5.92 Å². The van der Waals surface area contributed by atoms with Crippen LogP contribution in [0.5, 0.6) is 0 Å². The van der Waals surface area contributed by atoms with E-state index in [-0.39, 0.29) is 18.4 Å². The highest BCUT2D eigenvalue weighted by Gasteiger charge is 2.22. The van der Waals surface area contributed by atoms with Gasteiger partial charge in [-0.1, -0.05) is 0 Å². The van der Waals surface area contributed by atoms with Gasteiger partial charge in [0.15, 0.2) is 0 Å². The smallest absolute Gasteiger partial charge is 0.304 e. The number of carboxylic acid groups (broad SMARTS) is 1. The number of aliphatic carboxylic acids is 1. The van der Waals surface area contributed by atoms with Crippen LogP contribution < -0.4 is 5.73 Å². The van der Waals surface area contributed by atoms with Crippen molar-refractivity contribution in [3.63, 3.8) is 0 Å². The highest BCUT2D eigenvalue weighted by molar-refractivity contribution is 5.67. The van der Waals surface area contributed by atoms with Crippen molar-refractivity contribution in [3.8, 4) is 0 Å². The van der Waals surface area contributed by atoms with Crippen LogP contribution >= 0.6 is 0 Å². The predicted molar refractivity (Wildman–Crippen MR) is 43.8 cm³/mol. The van der Waals surface area contributed by atoms with Crippen molar-refractivity contribution in [2.45, 2.75) is 25.3 Å². The van der Waals surface area contributed by atoms with E-state index in [0.29, 0.717) is 6.61 Å². The molecule has 4 heteroatoms. The lowest BCUT2D eigenvalue weighted by molar-refractivity contribution is -0.137. The summed E-state index contributed by atoms with van der Waals surface area (Å²) < 4.78 is 5.21. The molecule has 0 radical (unpaired) electrons. The van der Waals surface area contributed by atoms with Gasteiger partial charge in [-0.15, -0.1) is 0 Å². The quantitative estimate of drug-likeness (QED) is 0.640. The molecule has 70 valence electrons. The third kappa shape index (κ3) is 2.79. The Morgan fingerprint density at radius 1 is 1.75 bits per heavy atom. The lowest BCUT2D eigenvalue weighted by Crippen LogP contribution is -2.37. The highest BCUT2D eigenvalue weighted by atomic mass is 16.5. The average Bonchev–Trinajstić information content (AvgIpc) is 2.05. The van der Waals surface area contributed by atoms with Crippen molar-refractivity contribution in [1.29, 1.82) is 0 Å². The van der Waals surface area contributed by atoms with Gasteiger partial charge in [0.1, 0.15) is 0 Å². The molecule has 0 aromatic carbocycles. The van der Waals surface area contributed by atoms with E-state index in [2.05, 4.69) is 0 Å². The van der Waals surface area contributed by atoms with Gasteiger partial charge < -0.3 is 15.6 Å². The molecule has 1 fully saturated rings. The van der Waals surface area contributed by atoms with Crippen molar-refractivity contribution in [2.24, 2.45) is 11.7 Å². The van der Waals surface area contributed by atoms with E-state index in [1.54, 1.807) is 0 Å². The van der Waals surface area contributed by atoms with Crippen molar-refractivity contribution < 1.29 is 14.6 Å². The van der Waals surface area contributed by atoms with E-state index in [1.165, 1.54) is 0 Å². The van der Waals surface area contributed by atoms with E-state index < -0.39 is 5.97 Å². The summed E-state index contributed by atoms with van der Waals surface area (Å²) in [6.45, 7) is 1.41. The van der Waals surface area contributed by atoms with Crippen LogP contribution in [-0.2, 0) is 9.53 Å². The number of nitrogens with two attached hydrogens (primary N) is 1. The first kappa shape index (κ1) is 9.48. The molecule has 1 rings (SSSR count). The molecule has 0 spiro atoms. The summed E-state index contributed by atoms with van der Waals surface area (Å²) in [6.07, 6.45) is 2.04. The first-order valence-electron chi connectivity index (χ1n) is 4.25. The molecule has 4 nitrogen and oxygen atoms in total. The third-order valence-corrected chi connectivity index (χ3v) is 2.21. The van der Waals surface area contributed by atoms with Crippen molar-refractivity contribution >= 4 is 5.97 Å². The Kier molecular flexibility index (Phi) is 3.49. The lowest BCUT2D eigenvalue weighted by Gasteiger charge is -2.26. The van der Waals surface area contributed by atoms with Crippen molar-refractivity contribution in [2.75, 3.05) is 13.2 Å². The number of rotatable bonds is 3. The van der Waals surface area contributed by atoms with Crippen LogP contribution in [0.3, 0.4) is 0 Å². The van der Waals surface area contributed by atoms with Crippen LogP contribution in [0.4, 0.5) is 0 Å². The van der Waals surface area contributed by atoms with Crippen LogP contribution in [-0.4, -0.2) is 30.3 Å². The molecular formula is C8H15NO3. The molecule has 2 atom stereocenters. The zero-order valence-electron chi connectivity index (χ0n) is 7.03. The van der Waals surface area contributed by atoms with Gasteiger partial charge in [0.05, 0.1) is 13.0 Å². The molecule has 12 heavy (non-hydrogen) atoms. The van der Waals surface area contributed by atoms with E-state index in [9.17, 15) is 4.79 Å². The maximum atomic E-state index is 10.3. The van der Waals surface area contributed by atoms with Crippen molar-refractivity contribution in [3.05, 3.63) is 0 Å². The molecule has 0 aromatic rings. The summed E-state index contributed by atoms with van der Waals surface area (Å²) in [6, 6.07) is -0.247. The Labute approximate surface area is 71.7 Å². The van der Waals surface area contributed by atoms with Gasteiger partial charge in [0, 0.05) is 12.6 Å². The summed E-state index contributed by atoms with van der Waals surface area (Å²) in [7, 11) is 0. The van der Waals surface area contributed by atoms with Gasteiger partial charge in [-0.05, 0) is 18.8 Å². The van der Waals surface area contributed by atoms with Gasteiger partial charge in [0.2, 0.25) is 0 Å². The SMILES string of the molecule is N[C@@H](CC(=O)O)C1CCCOC1. The van der Waals surface area contributed by atoms with Crippen LogP contribution in [0.1, 0.15) is 19.3 Å². The Balaban J connectivity index is 2.29. The number of hydrogen-bond acceptors (Lipinski definition) is 3. The summed E-state index contributed by atoms with van der Waals surface area (Å²) in [4.78, 5) is 10.3. The average molecular weight is 173 g/mol. The van der Waals surface area contributed by atoms with Crippen LogP contribution in [0.2, 0.25) is 0 Å². The fraction of sp³-hybridized carbons (Fsp3) is 0.875. The van der Waals surface area contributed by atoms with Crippen LogP contribution in [0.25, 0.3) is 0 Å². The number of carboxylic acids is 1. The number of hydrogen-bond donors (Lipinski definition) is 2. The van der Waals surface area contributed by atoms with Gasteiger partial charge in [-0.2, -0.15) is 0 Å². The molecule has 0 amide bonds. The molecule has 1 saturated heterocycles. The molecule has 1 unspecified atom stereocenters. The van der Waals surface area contributed by atoms with Gasteiger partial charge in [-0.3, -0.25) is 4.79 Å². The topological polar surface area (TPSA) is 72.6 Å². The first-order chi connectivity index (χ1) is 5.70. The largest absolute Gasteiger partial charge is 0.481 e. The molecule has 1 aliphatic rings. The normalized spacial score (nSPS) is 26.6. The van der Waals surface area contributed by atoms with Crippen molar-refractivity contribution in [1.82, 2.24) is 0 Å². The highest BCUT2D eigenvalue weighted by Crippen LogP contribution is 2.17. The lowest BCUT2D eigenvalue weighted by atomic mass is 9.92. The van der Waals surface area contributed by atoms with Gasteiger partial charge >= 0.3 is 5.97 Å². The Hall–Kier alpha value is -0.610. The summed E-state index contributed by atoms with van der Waals surface area (Å²) >= 11 is 0. The Morgan fingerprint density at radius 2 is 2.50 bits per heavy atom. The minimum atomic E-state index is -0.826. The molecule has 1 heterocycles. The molecule has 0 aliphatic carbocycles. The monoisotopic (exact) mass is 173 g/mol. The maximum absolute atomic E-state index is 10.3. The second-order valence-corrected chi connectivity index (χ2v) is 3.24. The summed E-state index contributed by atoms with van der Waals surface area (Å²) in [5.41, 5.74) is 5.69. The van der Waals surface area contributed by atoms with Gasteiger partial charge in [0.25, 0.3) is 0 Å². The zero-order valence-corrected chi connectivity index (χ0v) is 7.03. The Morgan fingerprint density at radius 3 is 3.00 bits per heavy atom. The Bertz CT molecular complexity index is 154. The van der Waals surface area contributed by atoms with E-state index >= 15 is 0 Å². The molecule has 0 saturated carbocycles. The molecule has 0 bridgehead atoms. The number of carbonyl (C=O) groups is 1. The minimum absolute atomic E-state index is 0.0496. The number of ether oxygens (including phenoxy) is 1. The fourth-order valence-corrected chi connectivity index (χ4v) is 1.47. The van der Waals surface area contributed by atoms with Crippen LogP contribution in [0.15, 0.2) is 0 Å². The predicted octanol–water partition coefficient (Wildman–Crippen LogP) is 0.215. The molecular weight excluding hydrogens is 158 g/mol. The standard InChI is InChI=1S/C8H15NO3/c9-7(4-8(10)11)6-2-1-3-12-5-6/h6-7H,1-5,9H2,(H,10,11)/t6?,7-/m0/s1.